The van der Waals surface area contributed by atoms with Crippen molar-refractivity contribution in [1.82, 2.24) is 25.9 Å². The summed E-state index contributed by atoms with van der Waals surface area (Å²) in [7, 11) is 0. The van der Waals surface area contributed by atoms with Gasteiger partial charge in [-0.3, -0.25) is 15.0 Å². The molecule has 2 N–H and O–H groups in total. The van der Waals surface area contributed by atoms with Gasteiger partial charge < -0.3 is 19.2 Å². The number of carbonyl (C=O) groups is 3. The molecule has 1 atom stereocenters. The molecule has 35 heavy (non-hydrogen) atoms. The smallest absolute Gasteiger partial charge is 0.344 e. The third-order valence-electron chi connectivity index (χ3n) is 5.61. The quantitative estimate of drug-likeness (QED) is 0.357. The summed E-state index contributed by atoms with van der Waals surface area (Å²) < 4.78 is 16.2. The van der Waals surface area contributed by atoms with Crippen molar-refractivity contribution >= 4 is 29.6 Å². The van der Waals surface area contributed by atoms with E-state index in [0.29, 0.717) is 29.9 Å². The van der Waals surface area contributed by atoms with E-state index in [0.717, 1.165) is 22.3 Å². The summed E-state index contributed by atoms with van der Waals surface area (Å²) in [6.45, 7) is 1.80. The first kappa shape index (κ1) is 22.7. The van der Waals surface area contributed by atoms with Crippen LogP contribution in [0.15, 0.2) is 58.2 Å². The minimum Gasteiger partial charge on any atom is -0.454 e. The lowest BCUT2D eigenvalue weighted by Gasteiger charge is -2.21. The van der Waals surface area contributed by atoms with Crippen LogP contribution in [0.5, 0.6) is 11.5 Å². The Bertz CT molecular complexity index is 1280. The van der Waals surface area contributed by atoms with Crippen LogP contribution in [0.2, 0.25) is 0 Å². The number of nitrogens with one attached hydrogen (secondary N) is 2. The lowest BCUT2D eigenvalue weighted by Crippen LogP contribution is -2.49. The van der Waals surface area contributed by atoms with Gasteiger partial charge in [-0.25, -0.2) is 4.79 Å². The van der Waals surface area contributed by atoms with Gasteiger partial charge in [0.05, 0.1) is 5.75 Å². The molecule has 180 valence electrons. The highest BCUT2D eigenvalue weighted by Gasteiger charge is 2.48. The molecule has 2 aliphatic heterocycles. The number of ether oxygens (including phenoxy) is 2. The van der Waals surface area contributed by atoms with Crippen molar-refractivity contribution in [2.75, 3.05) is 12.5 Å². The third-order valence-corrected chi connectivity index (χ3v) is 6.43. The van der Waals surface area contributed by atoms with Crippen molar-refractivity contribution in [3.8, 4) is 23.0 Å². The van der Waals surface area contributed by atoms with Gasteiger partial charge in [0.1, 0.15) is 5.54 Å². The summed E-state index contributed by atoms with van der Waals surface area (Å²) in [6, 6.07) is 14.2. The number of carbonyl (C=O) groups excluding carboxylic acids is 3. The lowest BCUT2D eigenvalue weighted by molar-refractivity contribution is -0.138. The number of imide groups is 1. The maximum atomic E-state index is 12.9. The molecule has 2 aromatic carbocycles. The maximum absolute atomic E-state index is 12.9. The molecule has 4 amide bonds. The Morgan fingerprint density at radius 3 is 2.77 bits per heavy atom. The van der Waals surface area contributed by atoms with Crippen LogP contribution in [-0.2, 0) is 16.0 Å². The van der Waals surface area contributed by atoms with E-state index in [2.05, 4.69) is 20.9 Å². The van der Waals surface area contributed by atoms with Crippen molar-refractivity contribution in [1.29, 1.82) is 0 Å². The number of hydrogen-bond acceptors (Lipinski definition) is 9. The highest BCUT2D eigenvalue weighted by Crippen LogP contribution is 2.36. The lowest BCUT2D eigenvalue weighted by atomic mass is 9.93. The van der Waals surface area contributed by atoms with E-state index in [1.54, 1.807) is 25.1 Å². The molecule has 3 aromatic rings. The van der Waals surface area contributed by atoms with Gasteiger partial charge >= 0.3 is 6.03 Å². The molecule has 11 nitrogen and oxygen atoms in total. The molecular formula is C23H21N5O6S. The minimum absolute atomic E-state index is 0.138. The second-order valence-electron chi connectivity index (χ2n) is 8.15. The molecule has 0 saturated carbocycles. The molecule has 1 aromatic heterocycles. The zero-order valence-corrected chi connectivity index (χ0v) is 19.5. The fraction of sp³-hybridized carbons (Fsp3) is 0.261. The van der Waals surface area contributed by atoms with Gasteiger partial charge in [-0.05, 0) is 43.5 Å². The highest BCUT2D eigenvalue weighted by molar-refractivity contribution is 7.99. The van der Waals surface area contributed by atoms with E-state index in [9.17, 15) is 14.4 Å². The summed E-state index contributed by atoms with van der Waals surface area (Å²) in [5, 5.41) is 11.5. The van der Waals surface area contributed by atoms with E-state index in [1.165, 1.54) is 0 Å². The van der Waals surface area contributed by atoms with E-state index in [1.807, 2.05) is 30.3 Å². The Hall–Kier alpha value is -4.06. The van der Waals surface area contributed by atoms with E-state index >= 15 is 0 Å². The summed E-state index contributed by atoms with van der Waals surface area (Å²) in [4.78, 5) is 37.7. The molecule has 0 unspecified atom stereocenters. The molecule has 1 fully saturated rings. The van der Waals surface area contributed by atoms with Crippen LogP contribution >= 0.6 is 11.8 Å². The first-order valence-electron chi connectivity index (χ1n) is 10.8. The number of hydrogen-bond donors (Lipinski definition) is 2. The molecule has 3 heterocycles. The Morgan fingerprint density at radius 2 is 1.94 bits per heavy atom. The summed E-state index contributed by atoms with van der Waals surface area (Å²) in [6.07, 6.45) is 0.997. The van der Waals surface area contributed by atoms with Gasteiger partial charge in [-0.2, -0.15) is 5.01 Å². The van der Waals surface area contributed by atoms with Crippen LogP contribution in [-0.4, -0.2) is 51.1 Å². The summed E-state index contributed by atoms with van der Waals surface area (Å²) in [5.41, 5.74) is 2.94. The number of aromatic nitrogens is 2. The molecule has 12 heteroatoms. The number of benzene rings is 2. The molecular weight excluding hydrogens is 474 g/mol. The fourth-order valence-electron chi connectivity index (χ4n) is 3.69. The van der Waals surface area contributed by atoms with Crippen molar-refractivity contribution in [3.05, 3.63) is 54.1 Å². The number of thioether (sulfide) groups is 1. The second kappa shape index (κ2) is 9.29. The van der Waals surface area contributed by atoms with Crippen LogP contribution < -0.4 is 20.2 Å². The zero-order valence-electron chi connectivity index (χ0n) is 18.6. The number of amides is 4. The van der Waals surface area contributed by atoms with Gasteiger partial charge in [0.15, 0.2) is 11.5 Å². The average molecular weight is 496 g/mol. The largest absolute Gasteiger partial charge is 0.454 e. The molecule has 2 aliphatic rings. The molecule has 0 spiro atoms. The highest BCUT2D eigenvalue weighted by atomic mass is 32.2. The molecule has 1 saturated heterocycles. The van der Waals surface area contributed by atoms with Crippen molar-refractivity contribution in [2.24, 2.45) is 0 Å². The fourth-order valence-corrected chi connectivity index (χ4v) is 4.25. The number of rotatable bonds is 8. The SMILES string of the molecule is C[C@]1(CCc2ccccc2)NC(=O)N(NC(=O)CSc2nnc(-c3ccc4c(c3)OCO4)o2)C1=O. The minimum atomic E-state index is -1.11. The van der Waals surface area contributed by atoms with Crippen LogP contribution in [0.3, 0.4) is 0 Å². The standard InChI is InChI=1S/C23H21N5O6S/c1-23(10-9-14-5-3-2-4-6-14)20(30)28(21(31)24-23)27-18(29)12-35-22-26-25-19(34-22)15-7-8-16-17(11-15)33-13-32-16/h2-8,11H,9-10,12-13H2,1H3,(H,24,31)(H,27,29)/t23-/m1/s1. The van der Waals surface area contributed by atoms with Crippen molar-refractivity contribution in [3.63, 3.8) is 0 Å². The van der Waals surface area contributed by atoms with Crippen molar-refractivity contribution < 1.29 is 28.3 Å². The summed E-state index contributed by atoms with van der Waals surface area (Å²) in [5.74, 6) is 0.262. The van der Waals surface area contributed by atoms with E-state index in [-0.39, 0.29) is 23.7 Å². The molecule has 0 bridgehead atoms. The number of aryl methyl sites for hydroxylation is 1. The molecule has 5 rings (SSSR count). The van der Waals surface area contributed by atoms with Gasteiger partial charge in [0, 0.05) is 5.56 Å². The average Bonchev–Trinajstić information content (AvgIpc) is 3.58. The molecule has 0 aliphatic carbocycles. The number of hydrazine groups is 1. The zero-order chi connectivity index (χ0) is 24.4. The second-order valence-corrected chi connectivity index (χ2v) is 9.08. The first-order valence-corrected chi connectivity index (χ1v) is 11.8. The van der Waals surface area contributed by atoms with Crippen molar-refractivity contribution in [2.45, 2.75) is 30.5 Å². The normalized spacial score (nSPS) is 18.6. The monoisotopic (exact) mass is 495 g/mol. The van der Waals surface area contributed by atoms with Gasteiger partial charge in [-0.15, -0.1) is 10.2 Å². The van der Waals surface area contributed by atoms with Crippen LogP contribution in [0.25, 0.3) is 11.5 Å². The van der Waals surface area contributed by atoms with Gasteiger partial charge in [0.2, 0.25) is 18.6 Å². The Kier molecular flexibility index (Phi) is 6.03. The Labute approximate surface area is 204 Å². The summed E-state index contributed by atoms with van der Waals surface area (Å²) >= 11 is 0.985. The van der Waals surface area contributed by atoms with Crippen LogP contribution in [0.4, 0.5) is 4.79 Å². The molecule has 0 radical (unpaired) electrons. The van der Waals surface area contributed by atoms with E-state index < -0.39 is 23.4 Å². The van der Waals surface area contributed by atoms with Gasteiger partial charge in [0.25, 0.3) is 11.1 Å². The van der Waals surface area contributed by atoms with Crippen LogP contribution in [0.1, 0.15) is 18.9 Å². The van der Waals surface area contributed by atoms with Crippen LogP contribution in [0, 0.1) is 0 Å². The predicted octanol–water partition coefficient (Wildman–Crippen LogP) is 2.53. The number of fused-ring (bicyclic) bond motifs is 1. The number of urea groups is 1. The predicted molar refractivity (Wildman–Crippen MR) is 123 cm³/mol. The third kappa shape index (κ3) is 4.78. The maximum Gasteiger partial charge on any atom is 0.344 e. The first-order chi connectivity index (χ1) is 16.9. The Balaban J connectivity index is 1.15. The van der Waals surface area contributed by atoms with E-state index in [4.69, 9.17) is 13.9 Å². The van der Waals surface area contributed by atoms with Gasteiger partial charge in [-0.1, -0.05) is 42.1 Å². The number of nitrogens with zero attached hydrogens (tertiary/aromatic N) is 3. The Morgan fingerprint density at radius 1 is 1.14 bits per heavy atom. The topological polar surface area (TPSA) is 136 Å².